The molecule has 2 rings (SSSR count). The molecule has 23 heavy (non-hydrogen) atoms. The smallest absolute Gasteiger partial charge is 0.326 e. The third kappa shape index (κ3) is 3.90. The standard InChI is InChI=1S/C14H14N4O5/c15-11(19)5-10(14(22)23)16-12(20)6-9-7-3-1-2-4-8(7)13(21)18-17-9/h1-4,10H,5-6H2,(H2,15,19)(H,16,20)(H,18,21)(H,22,23). The SMILES string of the molecule is NC(=O)CC(NC(=O)Cc1n[nH]c(=O)c2ccccc12)C(=O)O. The summed E-state index contributed by atoms with van der Waals surface area (Å²) in [5, 5.41) is 18.1. The molecule has 2 amide bonds. The van der Waals surface area contributed by atoms with Gasteiger partial charge in [0.1, 0.15) is 6.04 Å². The molecule has 1 aromatic carbocycles. The molecule has 9 heteroatoms. The minimum atomic E-state index is -1.41. The predicted octanol–water partition coefficient (Wildman–Crippen LogP) is -1.09. The van der Waals surface area contributed by atoms with Crippen LogP contribution in [0.15, 0.2) is 29.1 Å². The lowest BCUT2D eigenvalue weighted by Crippen LogP contribution is -2.44. The molecule has 1 aromatic heterocycles. The summed E-state index contributed by atoms with van der Waals surface area (Å²) in [5.41, 5.74) is 4.85. The summed E-state index contributed by atoms with van der Waals surface area (Å²) >= 11 is 0. The normalized spacial score (nSPS) is 11.8. The number of carboxylic acids is 1. The number of nitrogens with zero attached hydrogens (tertiary/aromatic N) is 1. The second kappa shape index (κ2) is 6.69. The van der Waals surface area contributed by atoms with E-state index in [4.69, 9.17) is 10.8 Å². The van der Waals surface area contributed by atoms with Crippen LogP contribution in [0, 0.1) is 0 Å². The van der Waals surface area contributed by atoms with Crippen LogP contribution in [0.25, 0.3) is 10.8 Å². The molecule has 0 radical (unpaired) electrons. The Morgan fingerprint density at radius 3 is 2.52 bits per heavy atom. The molecule has 5 N–H and O–H groups in total. The van der Waals surface area contributed by atoms with Gasteiger partial charge in [-0.05, 0) is 6.07 Å². The average molecular weight is 318 g/mol. The molecule has 1 atom stereocenters. The number of amides is 2. The van der Waals surface area contributed by atoms with Gasteiger partial charge in [-0.3, -0.25) is 14.4 Å². The van der Waals surface area contributed by atoms with E-state index >= 15 is 0 Å². The first-order valence-electron chi connectivity index (χ1n) is 6.65. The van der Waals surface area contributed by atoms with Gasteiger partial charge in [-0.25, -0.2) is 9.89 Å². The van der Waals surface area contributed by atoms with Crippen LogP contribution in [0.4, 0.5) is 0 Å². The number of aromatic nitrogens is 2. The van der Waals surface area contributed by atoms with Crippen molar-refractivity contribution in [3.8, 4) is 0 Å². The Kier molecular flexibility index (Phi) is 4.69. The summed E-state index contributed by atoms with van der Waals surface area (Å²) in [4.78, 5) is 45.5. The molecule has 1 unspecified atom stereocenters. The maximum Gasteiger partial charge on any atom is 0.326 e. The fraction of sp³-hybridized carbons (Fsp3) is 0.214. The van der Waals surface area contributed by atoms with Gasteiger partial charge in [0.05, 0.1) is 23.9 Å². The maximum atomic E-state index is 12.0. The van der Waals surface area contributed by atoms with Crippen LogP contribution < -0.4 is 16.6 Å². The van der Waals surface area contributed by atoms with Crippen molar-refractivity contribution in [1.29, 1.82) is 0 Å². The van der Waals surface area contributed by atoms with Crippen molar-refractivity contribution >= 4 is 28.6 Å². The number of H-pyrrole nitrogens is 1. The first kappa shape index (κ1) is 16.1. The van der Waals surface area contributed by atoms with Crippen LogP contribution >= 0.6 is 0 Å². The van der Waals surface area contributed by atoms with Gasteiger partial charge in [-0.15, -0.1) is 0 Å². The van der Waals surface area contributed by atoms with Crippen LogP contribution in [0.2, 0.25) is 0 Å². The van der Waals surface area contributed by atoms with Gasteiger partial charge in [-0.2, -0.15) is 5.10 Å². The Morgan fingerprint density at radius 2 is 1.91 bits per heavy atom. The predicted molar refractivity (Wildman–Crippen MR) is 79.4 cm³/mol. The highest BCUT2D eigenvalue weighted by molar-refractivity contribution is 5.91. The van der Waals surface area contributed by atoms with Crippen LogP contribution in [0.1, 0.15) is 12.1 Å². The van der Waals surface area contributed by atoms with Crippen LogP contribution in [0.5, 0.6) is 0 Å². The first-order valence-corrected chi connectivity index (χ1v) is 6.65. The minimum absolute atomic E-state index is 0.250. The van der Waals surface area contributed by atoms with Crippen LogP contribution in [-0.4, -0.2) is 39.1 Å². The molecule has 0 fully saturated rings. The number of aliphatic carboxylic acids is 1. The number of benzene rings is 1. The molecule has 120 valence electrons. The Bertz CT molecular complexity index is 829. The number of rotatable bonds is 6. The van der Waals surface area contributed by atoms with E-state index in [2.05, 4.69) is 15.5 Å². The molecule has 9 nitrogen and oxygen atoms in total. The number of aromatic amines is 1. The van der Waals surface area contributed by atoms with E-state index in [1.807, 2.05) is 0 Å². The lowest BCUT2D eigenvalue weighted by atomic mass is 10.1. The summed E-state index contributed by atoms with van der Waals surface area (Å²) in [7, 11) is 0. The summed E-state index contributed by atoms with van der Waals surface area (Å²) in [6.45, 7) is 0. The number of nitrogens with one attached hydrogen (secondary N) is 2. The molecule has 0 aliphatic carbocycles. The Labute approximate surface area is 129 Å². The molecule has 0 aliphatic rings. The monoisotopic (exact) mass is 318 g/mol. The zero-order valence-electron chi connectivity index (χ0n) is 11.9. The van der Waals surface area contributed by atoms with E-state index in [0.29, 0.717) is 16.5 Å². The lowest BCUT2D eigenvalue weighted by Gasteiger charge is -2.13. The maximum absolute atomic E-state index is 12.0. The van der Waals surface area contributed by atoms with Crippen LogP contribution in [-0.2, 0) is 20.8 Å². The van der Waals surface area contributed by atoms with E-state index in [-0.39, 0.29) is 12.0 Å². The van der Waals surface area contributed by atoms with Crippen LogP contribution in [0.3, 0.4) is 0 Å². The van der Waals surface area contributed by atoms with Gasteiger partial charge in [0, 0.05) is 5.39 Å². The third-order valence-corrected chi connectivity index (χ3v) is 3.14. The van der Waals surface area contributed by atoms with Gasteiger partial charge >= 0.3 is 5.97 Å². The van der Waals surface area contributed by atoms with E-state index in [1.54, 1.807) is 24.3 Å². The molecule has 0 aliphatic heterocycles. The van der Waals surface area contributed by atoms with E-state index in [9.17, 15) is 19.2 Å². The van der Waals surface area contributed by atoms with Gasteiger partial charge in [-0.1, -0.05) is 18.2 Å². The van der Waals surface area contributed by atoms with Gasteiger partial charge in [0.25, 0.3) is 5.56 Å². The summed E-state index contributed by atoms with van der Waals surface area (Å²) in [6, 6.07) is 5.18. The van der Waals surface area contributed by atoms with Crippen molar-refractivity contribution < 1.29 is 19.5 Å². The highest BCUT2D eigenvalue weighted by Crippen LogP contribution is 2.12. The molecule has 0 saturated carbocycles. The first-order chi connectivity index (χ1) is 10.9. The fourth-order valence-corrected chi connectivity index (χ4v) is 2.10. The van der Waals surface area contributed by atoms with Crippen molar-refractivity contribution in [3.63, 3.8) is 0 Å². The molecular formula is C14H14N4O5. The Balaban J connectivity index is 2.20. The largest absolute Gasteiger partial charge is 0.480 e. The van der Waals surface area contributed by atoms with E-state index < -0.39 is 30.2 Å². The topological polar surface area (TPSA) is 155 Å². The molecule has 0 spiro atoms. The van der Waals surface area contributed by atoms with Crippen molar-refractivity contribution in [2.24, 2.45) is 5.73 Å². The summed E-state index contributed by atoms with van der Waals surface area (Å²) in [6.07, 6.45) is -0.763. The number of nitrogens with two attached hydrogens (primary N) is 1. The van der Waals surface area contributed by atoms with Gasteiger partial charge < -0.3 is 16.2 Å². The molecule has 0 saturated heterocycles. The molecule has 2 aromatic rings. The highest BCUT2D eigenvalue weighted by Gasteiger charge is 2.22. The fourth-order valence-electron chi connectivity index (χ4n) is 2.10. The molecular weight excluding hydrogens is 304 g/mol. The minimum Gasteiger partial charge on any atom is -0.480 e. The summed E-state index contributed by atoms with van der Waals surface area (Å²) < 4.78 is 0. The van der Waals surface area contributed by atoms with E-state index in [0.717, 1.165) is 0 Å². The van der Waals surface area contributed by atoms with Crippen molar-refractivity contribution in [3.05, 3.63) is 40.3 Å². The van der Waals surface area contributed by atoms with Crippen molar-refractivity contribution in [2.75, 3.05) is 0 Å². The number of hydrogen-bond donors (Lipinski definition) is 4. The number of hydrogen-bond acceptors (Lipinski definition) is 5. The van der Waals surface area contributed by atoms with E-state index in [1.165, 1.54) is 0 Å². The van der Waals surface area contributed by atoms with Gasteiger partial charge in [0.2, 0.25) is 11.8 Å². The number of carbonyl (C=O) groups excluding carboxylic acids is 2. The van der Waals surface area contributed by atoms with Gasteiger partial charge in [0.15, 0.2) is 0 Å². The number of carboxylic acid groups (broad SMARTS) is 1. The Morgan fingerprint density at radius 1 is 1.26 bits per heavy atom. The summed E-state index contributed by atoms with van der Waals surface area (Å²) in [5.74, 6) is -2.86. The zero-order valence-corrected chi connectivity index (χ0v) is 11.9. The van der Waals surface area contributed by atoms with Crippen molar-refractivity contribution in [1.82, 2.24) is 15.5 Å². The lowest BCUT2D eigenvalue weighted by molar-refractivity contribution is -0.143. The number of primary amides is 1. The number of fused-ring (bicyclic) bond motifs is 1. The second-order valence-corrected chi connectivity index (χ2v) is 4.85. The molecule has 1 heterocycles. The average Bonchev–Trinajstić information content (AvgIpc) is 2.49. The Hall–Kier alpha value is -3.23. The highest BCUT2D eigenvalue weighted by atomic mass is 16.4. The third-order valence-electron chi connectivity index (χ3n) is 3.14. The second-order valence-electron chi connectivity index (χ2n) is 4.85. The number of carbonyl (C=O) groups is 3. The zero-order chi connectivity index (χ0) is 17.0. The van der Waals surface area contributed by atoms with Crippen molar-refractivity contribution in [2.45, 2.75) is 18.9 Å². The quantitative estimate of drug-likeness (QED) is 0.530. The molecule has 0 bridgehead atoms.